The van der Waals surface area contributed by atoms with Gasteiger partial charge in [-0.05, 0) is 67.2 Å². The first-order valence-corrected chi connectivity index (χ1v) is 10.6. The summed E-state index contributed by atoms with van der Waals surface area (Å²) in [7, 11) is 0. The fourth-order valence-electron chi connectivity index (χ4n) is 3.28. The van der Waals surface area contributed by atoms with Crippen LogP contribution in [-0.2, 0) is 9.59 Å². The molecule has 4 rings (SSSR count). The van der Waals surface area contributed by atoms with Gasteiger partial charge in [0.15, 0.2) is 5.11 Å². The molecule has 33 heavy (non-hydrogen) atoms. The fourth-order valence-corrected chi connectivity index (χ4v) is 3.93. The van der Waals surface area contributed by atoms with Crippen molar-refractivity contribution in [2.24, 2.45) is 0 Å². The maximum Gasteiger partial charge on any atom is 0.335 e. The smallest absolute Gasteiger partial charge is 0.335 e. The van der Waals surface area contributed by atoms with Gasteiger partial charge in [0.05, 0.1) is 21.3 Å². The van der Waals surface area contributed by atoms with Crippen LogP contribution in [0.5, 0.6) is 0 Å². The highest BCUT2D eigenvalue weighted by Crippen LogP contribution is 2.35. The molecule has 7 nitrogen and oxygen atoms in total. The van der Waals surface area contributed by atoms with Gasteiger partial charge in [-0.15, -0.1) is 0 Å². The molecule has 3 aromatic rings. The van der Waals surface area contributed by atoms with Crippen molar-refractivity contribution >= 4 is 70.1 Å². The summed E-state index contributed by atoms with van der Waals surface area (Å²) < 4.78 is 5.80. The van der Waals surface area contributed by atoms with E-state index in [1.54, 1.807) is 36.4 Å². The summed E-state index contributed by atoms with van der Waals surface area (Å²) in [6.07, 6.45) is 1.28. The molecule has 1 aliphatic heterocycles. The van der Waals surface area contributed by atoms with Crippen LogP contribution in [0.2, 0.25) is 10.0 Å². The second-order valence-electron chi connectivity index (χ2n) is 7.07. The second kappa shape index (κ2) is 8.82. The Kier molecular flexibility index (Phi) is 6.07. The highest BCUT2D eigenvalue weighted by molar-refractivity contribution is 7.80. The third-order valence-electron chi connectivity index (χ3n) is 4.94. The number of aromatic carboxylic acids is 1. The molecule has 0 aliphatic carbocycles. The van der Waals surface area contributed by atoms with Gasteiger partial charge in [-0.2, -0.15) is 0 Å². The Morgan fingerprint density at radius 1 is 1.15 bits per heavy atom. The number of nitrogens with zero attached hydrogens (tertiary/aromatic N) is 1. The van der Waals surface area contributed by atoms with Crippen molar-refractivity contribution in [1.29, 1.82) is 0 Å². The molecular formula is C23H14Cl2N2O5S. The molecule has 2 aromatic carbocycles. The number of benzene rings is 2. The number of hydrogen-bond donors (Lipinski definition) is 2. The average molecular weight is 501 g/mol. The van der Waals surface area contributed by atoms with Crippen LogP contribution in [-0.4, -0.2) is 28.0 Å². The summed E-state index contributed by atoms with van der Waals surface area (Å²) in [6.45, 7) is 1.81. The average Bonchev–Trinajstić information content (AvgIpc) is 3.22. The molecule has 10 heteroatoms. The van der Waals surface area contributed by atoms with Crippen molar-refractivity contribution < 1.29 is 23.9 Å². The van der Waals surface area contributed by atoms with Gasteiger partial charge in [0.2, 0.25) is 0 Å². The predicted molar refractivity (Wildman–Crippen MR) is 129 cm³/mol. The molecule has 166 valence electrons. The van der Waals surface area contributed by atoms with E-state index in [9.17, 15) is 19.5 Å². The van der Waals surface area contributed by atoms with E-state index in [1.165, 1.54) is 18.2 Å². The number of halogens is 2. The van der Waals surface area contributed by atoms with Crippen LogP contribution >= 0.6 is 35.4 Å². The standard InChI is InChI=1S/C23H14Cl2N2O5S/c1-11-5-6-12(22(30)31)9-14(11)18-8-7-13(32-18)10-15-20(28)26-23(33)27(21(15)29)17-4-2-3-16(24)19(17)25/h2-10H,1H3,(H,30,31)(H,26,28,33)/b15-10+. The molecule has 0 radical (unpaired) electrons. The molecule has 1 aliphatic rings. The SMILES string of the molecule is Cc1ccc(C(=O)O)cc1-c1ccc(/C=C2\C(=O)NC(=S)N(c3cccc(Cl)c3Cl)C2=O)o1. The molecule has 0 spiro atoms. The maximum absolute atomic E-state index is 13.2. The maximum atomic E-state index is 13.2. The van der Waals surface area contributed by atoms with E-state index in [4.69, 9.17) is 39.8 Å². The van der Waals surface area contributed by atoms with E-state index < -0.39 is 17.8 Å². The van der Waals surface area contributed by atoms with Gasteiger partial charge < -0.3 is 9.52 Å². The summed E-state index contributed by atoms with van der Waals surface area (Å²) in [5.41, 5.74) is 1.49. The number of aryl methyl sites for hydroxylation is 1. The second-order valence-corrected chi connectivity index (χ2v) is 8.24. The van der Waals surface area contributed by atoms with Crippen molar-refractivity contribution in [2.75, 3.05) is 4.90 Å². The zero-order valence-corrected chi connectivity index (χ0v) is 19.2. The Morgan fingerprint density at radius 3 is 2.64 bits per heavy atom. The molecule has 1 aromatic heterocycles. The third-order valence-corrected chi connectivity index (χ3v) is 6.03. The van der Waals surface area contributed by atoms with E-state index in [0.29, 0.717) is 11.3 Å². The van der Waals surface area contributed by atoms with Crippen LogP contribution in [0.1, 0.15) is 21.7 Å². The van der Waals surface area contributed by atoms with Crippen LogP contribution in [0.3, 0.4) is 0 Å². The molecule has 2 N–H and O–H groups in total. The number of rotatable bonds is 4. The van der Waals surface area contributed by atoms with Gasteiger partial charge in [0.25, 0.3) is 11.8 Å². The van der Waals surface area contributed by atoms with Crippen LogP contribution in [0.15, 0.2) is 58.5 Å². The number of furan rings is 1. The molecular weight excluding hydrogens is 487 g/mol. The minimum Gasteiger partial charge on any atom is -0.478 e. The lowest BCUT2D eigenvalue weighted by Crippen LogP contribution is -2.54. The molecule has 2 amide bonds. The highest BCUT2D eigenvalue weighted by atomic mass is 35.5. The molecule has 0 saturated carbocycles. The molecule has 0 bridgehead atoms. The van der Waals surface area contributed by atoms with Gasteiger partial charge in [-0.25, -0.2) is 4.79 Å². The first kappa shape index (κ1) is 22.7. The first-order chi connectivity index (χ1) is 15.7. The number of nitrogens with one attached hydrogen (secondary N) is 1. The number of carbonyl (C=O) groups excluding carboxylic acids is 2. The molecule has 0 unspecified atom stereocenters. The Morgan fingerprint density at radius 2 is 1.91 bits per heavy atom. The van der Waals surface area contributed by atoms with Gasteiger partial charge in [-0.3, -0.25) is 19.8 Å². The van der Waals surface area contributed by atoms with Crippen molar-refractivity contribution in [3.05, 3.63) is 81.0 Å². The number of carbonyl (C=O) groups is 3. The zero-order chi connectivity index (χ0) is 23.9. The van der Waals surface area contributed by atoms with Gasteiger partial charge >= 0.3 is 5.97 Å². The Hall–Kier alpha value is -3.46. The summed E-state index contributed by atoms with van der Waals surface area (Å²) in [6, 6.07) is 12.6. The lowest BCUT2D eigenvalue weighted by atomic mass is 10.0. The van der Waals surface area contributed by atoms with Crippen molar-refractivity contribution in [1.82, 2.24) is 5.32 Å². The fraction of sp³-hybridized carbons (Fsp3) is 0.0435. The minimum atomic E-state index is -1.06. The van der Waals surface area contributed by atoms with E-state index in [-0.39, 0.29) is 37.7 Å². The Balaban J connectivity index is 1.72. The summed E-state index contributed by atoms with van der Waals surface area (Å²) in [4.78, 5) is 38.1. The van der Waals surface area contributed by atoms with Crippen LogP contribution in [0, 0.1) is 6.92 Å². The number of carboxylic acids is 1. The summed E-state index contributed by atoms with van der Waals surface area (Å²) in [5, 5.41) is 11.9. The van der Waals surface area contributed by atoms with Gasteiger partial charge in [0.1, 0.15) is 17.1 Å². The normalized spacial score (nSPS) is 15.2. The van der Waals surface area contributed by atoms with E-state index in [1.807, 2.05) is 6.92 Å². The van der Waals surface area contributed by atoms with Crippen LogP contribution in [0.4, 0.5) is 5.69 Å². The largest absolute Gasteiger partial charge is 0.478 e. The van der Waals surface area contributed by atoms with E-state index in [2.05, 4.69) is 5.32 Å². The van der Waals surface area contributed by atoms with Crippen LogP contribution < -0.4 is 10.2 Å². The summed E-state index contributed by atoms with van der Waals surface area (Å²) in [5.74, 6) is -1.85. The van der Waals surface area contributed by atoms with E-state index in [0.717, 1.165) is 10.5 Å². The number of hydrogen-bond acceptors (Lipinski definition) is 5. The predicted octanol–water partition coefficient (Wildman–Crippen LogP) is 5.09. The van der Waals surface area contributed by atoms with Crippen molar-refractivity contribution in [2.45, 2.75) is 6.92 Å². The molecule has 0 atom stereocenters. The summed E-state index contributed by atoms with van der Waals surface area (Å²) >= 11 is 17.5. The number of amides is 2. The monoisotopic (exact) mass is 500 g/mol. The first-order valence-electron chi connectivity index (χ1n) is 9.47. The van der Waals surface area contributed by atoms with Gasteiger partial charge in [0, 0.05) is 5.56 Å². The molecule has 2 heterocycles. The Labute approximate surface area is 203 Å². The van der Waals surface area contributed by atoms with E-state index >= 15 is 0 Å². The third kappa shape index (κ3) is 4.28. The van der Waals surface area contributed by atoms with Gasteiger partial charge in [-0.1, -0.05) is 35.3 Å². The van der Waals surface area contributed by atoms with Crippen LogP contribution in [0.25, 0.3) is 17.4 Å². The Bertz CT molecular complexity index is 1380. The minimum absolute atomic E-state index is 0.108. The molecule has 1 saturated heterocycles. The number of anilines is 1. The topological polar surface area (TPSA) is 99.8 Å². The number of thiocarbonyl (C=S) groups is 1. The lowest BCUT2D eigenvalue weighted by molar-refractivity contribution is -0.122. The zero-order valence-electron chi connectivity index (χ0n) is 16.9. The lowest BCUT2D eigenvalue weighted by Gasteiger charge is -2.29. The highest BCUT2D eigenvalue weighted by Gasteiger charge is 2.36. The molecule has 1 fully saturated rings. The van der Waals surface area contributed by atoms with Crippen molar-refractivity contribution in [3.63, 3.8) is 0 Å². The quantitative estimate of drug-likeness (QED) is 0.294. The van der Waals surface area contributed by atoms with Crippen molar-refractivity contribution in [3.8, 4) is 11.3 Å². The number of carboxylic acid groups (broad SMARTS) is 1.